The standard InChI is InChI=1S/C33H35N9O4/c1-3-33(23-8-5-4-6-9-23,31(43)40-17-15-39(16-18-40)24-11-13-25(14-12-24)45-21-20-44-2)42-30-26(22-35-42)29-36-28(27-10-7-19-46-27)38-41(29)32(34)37-30/h4-14,19,22H,3,15-18,20-21H2,1-2H3,(H2,34,37). The van der Waals surface area contributed by atoms with E-state index < -0.39 is 5.54 Å². The molecular formula is C33H35N9O4. The molecule has 0 spiro atoms. The van der Waals surface area contributed by atoms with E-state index in [9.17, 15) is 4.79 Å². The van der Waals surface area contributed by atoms with Crippen molar-refractivity contribution in [3.8, 4) is 17.3 Å². The summed E-state index contributed by atoms with van der Waals surface area (Å²) < 4.78 is 19.5. The van der Waals surface area contributed by atoms with Crippen LogP contribution in [0, 0.1) is 0 Å². The fraction of sp³-hybridized carbons (Fsp3) is 0.303. The molecule has 4 aromatic heterocycles. The van der Waals surface area contributed by atoms with E-state index in [2.05, 4.69) is 22.1 Å². The normalized spacial score (nSPS) is 15.0. The second-order valence-corrected chi connectivity index (χ2v) is 11.1. The monoisotopic (exact) mass is 621 g/mol. The molecule has 7 rings (SSSR count). The first-order valence-corrected chi connectivity index (χ1v) is 15.3. The van der Waals surface area contributed by atoms with Gasteiger partial charge in [-0.1, -0.05) is 37.3 Å². The summed E-state index contributed by atoms with van der Waals surface area (Å²) in [6.07, 6.45) is 3.68. The van der Waals surface area contributed by atoms with Gasteiger partial charge < -0.3 is 29.4 Å². The Labute approximate surface area is 265 Å². The van der Waals surface area contributed by atoms with Crippen LogP contribution in [0.3, 0.4) is 0 Å². The number of nitrogen functional groups attached to an aromatic ring is 1. The number of carbonyl (C=O) groups excluding carboxylic acids is 1. The smallest absolute Gasteiger partial charge is 0.255 e. The zero-order valence-corrected chi connectivity index (χ0v) is 25.7. The lowest BCUT2D eigenvalue weighted by Crippen LogP contribution is -2.57. The molecular weight excluding hydrogens is 586 g/mol. The average Bonchev–Trinajstić information content (AvgIpc) is 3.88. The Morgan fingerprint density at radius 2 is 1.74 bits per heavy atom. The number of piperazine rings is 1. The minimum absolute atomic E-state index is 0.0503. The molecule has 13 nitrogen and oxygen atoms in total. The van der Waals surface area contributed by atoms with E-state index in [0.29, 0.717) is 74.1 Å². The predicted molar refractivity (Wildman–Crippen MR) is 173 cm³/mol. The number of nitrogens with zero attached hydrogens (tertiary/aromatic N) is 8. The van der Waals surface area contributed by atoms with Gasteiger partial charge in [-0.3, -0.25) is 4.79 Å². The molecule has 2 aromatic carbocycles. The van der Waals surface area contributed by atoms with Gasteiger partial charge in [0.25, 0.3) is 5.91 Å². The lowest BCUT2D eigenvalue weighted by atomic mass is 9.85. The number of amides is 1. The number of anilines is 2. The Morgan fingerprint density at radius 1 is 0.957 bits per heavy atom. The van der Waals surface area contributed by atoms with Crippen molar-refractivity contribution in [1.82, 2.24) is 34.3 Å². The van der Waals surface area contributed by atoms with Crippen molar-refractivity contribution in [2.75, 3.05) is 57.1 Å². The maximum atomic E-state index is 14.8. The summed E-state index contributed by atoms with van der Waals surface area (Å²) >= 11 is 0. The molecule has 0 bridgehead atoms. The number of carbonyl (C=O) groups is 1. The van der Waals surface area contributed by atoms with Crippen LogP contribution in [-0.2, 0) is 15.1 Å². The van der Waals surface area contributed by atoms with E-state index in [4.69, 9.17) is 34.7 Å². The summed E-state index contributed by atoms with van der Waals surface area (Å²) in [7, 11) is 1.65. The van der Waals surface area contributed by atoms with Crippen LogP contribution in [0.15, 0.2) is 83.6 Å². The van der Waals surface area contributed by atoms with E-state index in [1.807, 2.05) is 54.3 Å². The van der Waals surface area contributed by atoms with E-state index in [1.54, 1.807) is 36.4 Å². The van der Waals surface area contributed by atoms with Gasteiger partial charge in [-0.25, -0.2) is 9.67 Å². The van der Waals surface area contributed by atoms with Crippen LogP contribution < -0.4 is 15.4 Å². The van der Waals surface area contributed by atoms with Crippen LogP contribution in [0.2, 0.25) is 0 Å². The second-order valence-electron chi connectivity index (χ2n) is 11.1. The number of hydrogen-bond acceptors (Lipinski definition) is 10. The molecule has 5 heterocycles. The molecule has 13 heteroatoms. The lowest BCUT2D eigenvalue weighted by Gasteiger charge is -2.42. The molecule has 0 radical (unpaired) electrons. The van der Waals surface area contributed by atoms with Gasteiger partial charge in [-0.15, -0.1) is 5.10 Å². The van der Waals surface area contributed by atoms with Crippen LogP contribution in [0.25, 0.3) is 28.3 Å². The third kappa shape index (κ3) is 4.98. The zero-order valence-electron chi connectivity index (χ0n) is 25.7. The highest BCUT2D eigenvalue weighted by molar-refractivity contribution is 5.94. The fourth-order valence-corrected chi connectivity index (χ4v) is 6.18. The molecule has 1 amide bonds. The van der Waals surface area contributed by atoms with Crippen molar-refractivity contribution in [3.63, 3.8) is 0 Å². The van der Waals surface area contributed by atoms with E-state index >= 15 is 0 Å². The van der Waals surface area contributed by atoms with Gasteiger partial charge in [-0.05, 0) is 48.4 Å². The lowest BCUT2D eigenvalue weighted by molar-refractivity contribution is -0.139. The van der Waals surface area contributed by atoms with Crippen molar-refractivity contribution >= 4 is 34.2 Å². The van der Waals surface area contributed by atoms with Crippen LogP contribution in [0.1, 0.15) is 18.9 Å². The van der Waals surface area contributed by atoms with Crippen LogP contribution >= 0.6 is 0 Å². The Kier molecular flexibility index (Phi) is 7.74. The maximum absolute atomic E-state index is 14.8. The maximum Gasteiger partial charge on any atom is 0.255 e. The zero-order chi connectivity index (χ0) is 31.7. The molecule has 46 heavy (non-hydrogen) atoms. The first-order valence-electron chi connectivity index (χ1n) is 15.3. The Morgan fingerprint density at radius 3 is 2.43 bits per heavy atom. The van der Waals surface area contributed by atoms with Crippen LogP contribution in [0.4, 0.5) is 11.6 Å². The summed E-state index contributed by atoms with van der Waals surface area (Å²) in [5.41, 5.74) is 8.09. The van der Waals surface area contributed by atoms with Crippen LogP contribution in [0.5, 0.6) is 5.75 Å². The van der Waals surface area contributed by atoms with Gasteiger partial charge in [-0.2, -0.15) is 14.6 Å². The Bertz CT molecular complexity index is 1950. The first-order chi connectivity index (χ1) is 22.5. The van der Waals surface area contributed by atoms with E-state index in [0.717, 1.165) is 17.0 Å². The topological polar surface area (TPSA) is 142 Å². The minimum atomic E-state index is -1.17. The number of aromatic nitrogens is 6. The number of hydrogen-bond donors (Lipinski definition) is 1. The second kappa shape index (κ2) is 12.2. The molecule has 1 unspecified atom stereocenters. The third-order valence-corrected chi connectivity index (χ3v) is 8.57. The Balaban J connectivity index is 1.21. The molecule has 1 fully saturated rings. The van der Waals surface area contributed by atoms with Crippen molar-refractivity contribution in [2.24, 2.45) is 0 Å². The summed E-state index contributed by atoms with van der Waals surface area (Å²) in [6.45, 7) is 5.51. The van der Waals surface area contributed by atoms with Crippen molar-refractivity contribution in [1.29, 1.82) is 0 Å². The summed E-state index contributed by atoms with van der Waals surface area (Å²) in [5, 5.41) is 9.95. The quantitative estimate of drug-likeness (QED) is 0.224. The van der Waals surface area contributed by atoms with Gasteiger partial charge in [0.15, 0.2) is 22.6 Å². The molecule has 2 N–H and O–H groups in total. The number of benzene rings is 2. The molecule has 0 saturated carbocycles. The first kappa shape index (κ1) is 29.3. The average molecular weight is 622 g/mol. The van der Waals surface area contributed by atoms with Gasteiger partial charge >= 0.3 is 0 Å². The highest BCUT2D eigenvalue weighted by atomic mass is 16.5. The molecule has 1 aliphatic rings. The van der Waals surface area contributed by atoms with E-state index in [-0.39, 0.29) is 11.9 Å². The highest BCUT2D eigenvalue weighted by Crippen LogP contribution is 2.36. The Hall–Kier alpha value is -5.43. The van der Waals surface area contributed by atoms with Gasteiger partial charge in [0, 0.05) is 39.0 Å². The molecule has 0 aliphatic carbocycles. The van der Waals surface area contributed by atoms with Gasteiger partial charge in [0.2, 0.25) is 11.8 Å². The number of furan rings is 1. The highest BCUT2D eigenvalue weighted by Gasteiger charge is 2.46. The number of nitrogens with two attached hydrogens (primary N) is 1. The van der Waals surface area contributed by atoms with Crippen molar-refractivity contribution < 1.29 is 18.7 Å². The fourth-order valence-electron chi connectivity index (χ4n) is 6.18. The predicted octanol–water partition coefficient (Wildman–Crippen LogP) is 3.84. The van der Waals surface area contributed by atoms with Crippen LogP contribution in [-0.4, -0.2) is 86.7 Å². The molecule has 1 saturated heterocycles. The SMILES string of the molecule is CCC(C(=O)N1CCN(c2ccc(OCCOC)cc2)CC1)(c1ccccc1)n1ncc2c1nc(N)n1nc(-c3ccco3)nc21. The molecule has 1 atom stereocenters. The van der Waals surface area contributed by atoms with Gasteiger partial charge in [0.05, 0.1) is 24.5 Å². The number of fused-ring (bicyclic) bond motifs is 3. The summed E-state index contributed by atoms with van der Waals surface area (Å²) in [5.74, 6) is 1.77. The number of rotatable bonds is 10. The summed E-state index contributed by atoms with van der Waals surface area (Å²) in [4.78, 5) is 28.5. The van der Waals surface area contributed by atoms with E-state index in [1.165, 1.54) is 4.52 Å². The molecule has 236 valence electrons. The molecule has 1 aliphatic heterocycles. The third-order valence-electron chi connectivity index (χ3n) is 8.57. The number of methoxy groups -OCH3 is 1. The largest absolute Gasteiger partial charge is 0.491 e. The van der Waals surface area contributed by atoms with Crippen molar-refractivity contribution in [2.45, 2.75) is 18.9 Å². The van der Waals surface area contributed by atoms with Crippen molar-refractivity contribution in [3.05, 3.63) is 84.8 Å². The minimum Gasteiger partial charge on any atom is -0.491 e. The number of ether oxygens (including phenoxy) is 2. The summed E-state index contributed by atoms with van der Waals surface area (Å²) in [6, 6.07) is 21.3. The van der Waals surface area contributed by atoms with Gasteiger partial charge in [0.1, 0.15) is 12.4 Å². The molecule has 6 aromatic rings.